The molecule has 3 aromatic rings. The zero-order valence-corrected chi connectivity index (χ0v) is 22.2. The molecule has 12 nitrogen and oxygen atoms in total. The van der Waals surface area contributed by atoms with E-state index in [4.69, 9.17) is 14.6 Å². The number of aromatic amines is 1. The van der Waals surface area contributed by atoms with Gasteiger partial charge < -0.3 is 24.9 Å². The van der Waals surface area contributed by atoms with Crippen LogP contribution in [0, 0.1) is 0 Å². The first kappa shape index (κ1) is 27.0. The van der Waals surface area contributed by atoms with Gasteiger partial charge in [0.05, 0.1) is 28.1 Å². The third-order valence-electron chi connectivity index (χ3n) is 7.07. The van der Waals surface area contributed by atoms with Crippen molar-refractivity contribution < 1.29 is 31.4 Å². The number of sulfonamides is 2. The summed E-state index contributed by atoms with van der Waals surface area (Å²) < 4.78 is 62.4. The molecule has 4 heterocycles. The van der Waals surface area contributed by atoms with Crippen LogP contribution in [0.1, 0.15) is 19.3 Å². The van der Waals surface area contributed by atoms with Crippen LogP contribution in [0.2, 0.25) is 0 Å². The van der Waals surface area contributed by atoms with E-state index in [1.54, 1.807) is 24.4 Å². The SMILES string of the molecule is NS(=O)(=O)c1cccc(OCC(O)CNC2COC3(CCN(S(=O)(=O)c4cnc5cc[nH]c5c4)CC3)C2)c1. The van der Waals surface area contributed by atoms with E-state index in [-0.39, 0.29) is 29.0 Å². The number of piperidine rings is 1. The van der Waals surface area contributed by atoms with Gasteiger partial charge in [-0.05, 0) is 43.5 Å². The number of nitrogens with one attached hydrogen (secondary N) is 2. The molecule has 0 bridgehead atoms. The highest BCUT2D eigenvalue weighted by Crippen LogP contribution is 2.37. The Balaban J connectivity index is 1.09. The van der Waals surface area contributed by atoms with Gasteiger partial charge >= 0.3 is 0 Å². The van der Waals surface area contributed by atoms with Crippen LogP contribution in [0.5, 0.6) is 5.75 Å². The highest BCUT2D eigenvalue weighted by Gasteiger charge is 2.44. The average molecular weight is 566 g/mol. The Kier molecular flexibility index (Phi) is 7.48. The maximum absolute atomic E-state index is 13.2. The summed E-state index contributed by atoms with van der Waals surface area (Å²) >= 11 is 0. The number of aliphatic hydroxyl groups is 1. The number of H-pyrrole nitrogens is 1. The minimum Gasteiger partial charge on any atom is -0.491 e. The molecule has 0 saturated carbocycles. The number of pyridine rings is 1. The van der Waals surface area contributed by atoms with E-state index in [9.17, 15) is 21.9 Å². The molecule has 206 valence electrons. The summed E-state index contributed by atoms with van der Waals surface area (Å²) in [5, 5.41) is 18.8. The first-order valence-electron chi connectivity index (χ1n) is 12.3. The van der Waals surface area contributed by atoms with E-state index in [1.165, 1.54) is 28.7 Å². The average Bonchev–Trinajstić information content (AvgIpc) is 3.53. The van der Waals surface area contributed by atoms with Gasteiger partial charge in [0.2, 0.25) is 20.0 Å². The zero-order chi connectivity index (χ0) is 27.0. The third kappa shape index (κ3) is 5.86. The lowest BCUT2D eigenvalue weighted by Gasteiger charge is -2.38. The second-order valence-corrected chi connectivity index (χ2v) is 13.3. The van der Waals surface area contributed by atoms with Gasteiger partial charge in [-0.3, -0.25) is 4.98 Å². The predicted molar refractivity (Wildman–Crippen MR) is 138 cm³/mol. The number of aromatic nitrogens is 2. The van der Waals surface area contributed by atoms with Crippen molar-refractivity contribution >= 4 is 31.1 Å². The summed E-state index contributed by atoms with van der Waals surface area (Å²) in [5.41, 5.74) is 0.991. The third-order valence-corrected chi connectivity index (χ3v) is 9.85. The number of primary sulfonamides is 1. The Labute approximate surface area is 221 Å². The van der Waals surface area contributed by atoms with Crippen molar-refractivity contribution in [3.63, 3.8) is 0 Å². The van der Waals surface area contributed by atoms with Gasteiger partial charge in [0.1, 0.15) is 23.4 Å². The van der Waals surface area contributed by atoms with Gasteiger partial charge in [-0.2, -0.15) is 4.31 Å². The highest BCUT2D eigenvalue weighted by atomic mass is 32.2. The van der Waals surface area contributed by atoms with E-state index in [1.807, 2.05) is 0 Å². The fourth-order valence-electron chi connectivity index (χ4n) is 4.96. The van der Waals surface area contributed by atoms with E-state index < -0.39 is 31.8 Å². The zero-order valence-electron chi connectivity index (χ0n) is 20.6. The van der Waals surface area contributed by atoms with Crippen LogP contribution in [0.4, 0.5) is 0 Å². The molecule has 2 fully saturated rings. The standard InChI is InChI=1S/C24H31N5O7S2/c25-37(31,32)20-3-1-2-19(10-20)35-16-18(30)13-27-17-12-24(36-15-17)5-8-29(9-6-24)38(33,34)21-11-23-22(28-14-21)4-7-26-23/h1-4,7,10-11,14,17-18,26-27,30H,5-6,8-9,12-13,15-16H2,(H2,25,31,32). The molecule has 2 aliphatic heterocycles. The molecule has 2 atom stereocenters. The summed E-state index contributed by atoms with van der Waals surface area (Å²) in [6.45, 7) is 1.39. The molecule has 1 spiro atoms. The number of rotatable bonds is 9. The molecule has 5 rings (SSSR count). The van der Waals surface area contributed by atoms with Gasteiger partial charge in [0.25, 0.3) is 0 Å². The number of nitrogens with two attached hydrogens (primary N) is 1. The first-order chi connectivity index (χ1) is 18.0. The monoisotopic (exact) mass is 565 g/mol. The number of benzene rings is 1. The van der Waals surface area contributed by atoms with Gasteiger partial charge in [0, 0.05) is 44.1 Å². The smallest absolute Gasteiger partial charge is 0.244 e. The maximum atomic E-state index is 13.2. The predicted octanol–water partition coefficient (Wildman–Crippen LogP) is 0.552. The number of aliphatic hydroxyl groups excluding tert-OH is 1. The molecule has 0 aliphatic carbocycles. The molecule has 0 amide bonds. The van der Waals surface area contributed by atoms with Gasteiger partial charge in [-0.25, -0.2) is 22.0 Å². The summed E-state index contributed by atoms with van der Waals surface area (Å²) in [6.07, 6.45) is 4.16. The molecule has 2 aromatic heterocycles. The molecule has 14 heteroatoms. The molecule has 2 saturated heterocycles. The number of fused-ring (bicyclic) bond motifs is 1. The van der Waals surface area contributed by atoms with Crippen LogP contribution in [-0.2, 0) is 24.8 Å². The number of hydrogen-bond acceptors (Lipinski definition) is 9. The molecule has 38 heavy (non-hydrogen) atoms. The van der Waals surface area contributed by atoms with Crippen molar-refractivity contribution in [1.29, 1.82) is 0 Å². The van der Waals surface area contributed by atoms with Gasteiger partial charge in [-0.1, -0.05) is 6.07 Å². The van der Waals surface area contributed by atoms with Crippen LogP contribution in [-0.4, -0.2) is 86.8 Å². The van der Waals surface area contributed by atoms with Crippen LogP contribution >= 0.6 is 0 Å². The lowest BCUT2D eigenvalue weighted by atomic mass is 9.88. The summed E-state index contributed by atoms with van der Waals surface area (Å²) in [5.74, 6) is 0.295. The lowest BCUT2D eigenvalue weighted by Crippen LogP contribution is -2.47. The molecule has 0 radical (unpaired) electrons. The molecular formula is C24H31N5O7S2. The quantitative estimate of drug-likeness (QED) is 0.288. The number of ether oxygens (including phenoxy) is 2. The Bertz CT molecular complexity index is 1500. The minimum atomic E-state index is -3.84. The fourth-order valence-corrected chi connectivity index (χ4v) is 6.92. The number of hydrogen-bond donors (Lipinski definition) is 4. The maximum Gasteiger partial charge on any atom is 0.244 e. The van der Waals surface area contributed by atoms with Crippen LogP contribution in [0.25, 0.3) is 11.0 Å². The van der Waals surface area contributed by atoms with Crippen LogP contribution in [0.15, 0.2) is 58.6 Å². The van der Waals surface area contributed by atoms with E-state index in [0.29, 0.717) is 55.7 Å². The van der Waals surface area contributed by atoms with Crippen molar-refractivity contribution in [3.8, 4) is 5.75 Å². The summed E-state index contributed by atoms with van der Waals surface area (Å²) in [4.78, 5) is 7.34. The Morgan fingerprint density at radius 1 is 1.21 bits per heavy atom. The number of nitrogens with zero attached hydrogens (tertiary/aromatic N) is 2. The Morgan fingerprint density at radius 3 is 2.76 bits per heavy atom. The van der Waals surface area contributed by atoms with Crippen LogP contribution in [0.3, 0.4) is 0 Å². The first-order valence-corrected chi connectivity index (χ1v) is 15.3. The largest absolute Gasteiger partial charge is 0.491 e. The van der Waals surface area contributed by atoms with E-state index in [0.717, 1.165) is 0 Å². The lowest BCUT2D eigenvalue weighted by molar-refractivity contribution is -0.0312. The van der Waals surface area contributed by atoms with Crippen molar-refractivity contribution in [3.05, 3.63) is 48.8 Å². The van der Waals surface area contributed by atoms with Gasteiger partial charge in [0.15, 0.2) is 0 Å². The van der Waals surface area contributed by atoms with Gasteiger partial charge in [-0.15, -0.1) is 0 Å². The van der Waals surface area contributed by atoms with Crippen molar-refractivity contribution in [2.45, 2.75) is 46.8 Å². The minimum absolute atomic E-state index is 0.0120. The molecule has 2 aliphatic rings. The Morgan fingerprint density at radius 2 is 2.00 bits per heavy atom. The Hall–Kier alpha value is -2.59. The molecular weight excluding hydrogens is 534 g/mol. The van der Waals surface area contributed by atoms with Crippen molar-refractivity contribution in [2.75, 3.05) is 32.8 Å². The summed E-state index contributed by atoms with van der Waals surface area (Å²) in [6, 6.07) is 9.20. The van der Waals surface area contributed by atoms with Crippen molar-refractivity contribution in [2.24, 2.45) is 5.14 Å². The summed E-state index contributed by atoms with van der Waals surface area (Å²) in [7, 11) is -7.50. The second-order valence-electron chi connectivity index (χ2n) is 9.77. The fraction of sp³-hybridized carbons (Fsp3) is 0.458. The topological polar surface area (TPSA) is 177 Å². The molecule has 5 N–H and O–H groups in total. The van der Waals surface area contributed by atoms with Crippen LogP contribution < -0.4 is 15.2 Å². The molecule has 1 aromatic carbocycles. The van der Waals surface area contributed by atoms with Crippen molar-refractivity contribution in [1.82, 2.24) is 19.6 Å². The highest BCUT2D eigenvalue weighted by molar-refractivity contribution is 7.89. The second kappa shape index (κ2) is 10.5. The van der Waals surface area contributed by atoms with E-state index >= 15 is 0 Å². The molecule has 2 unspecified atom stereocenters. The normalized spacial score (nSPS) is 21.2. The van der Waals surface area contributed by atoms with E-state index in [2.05, 4.69) is 15.3 Å².